The first kappa shape index (κ1) is 21.7. The van der Waals surface area contributed by atoms with Crippen LogP contribution in [0.25, 0.3) is 0 Å². The number of nitrogens with zero attached hydrogens (tertiary/aromatic N) is 3. The van der Waals surface area contributed by atoms with E-state index in [0.717, 1.165) is 39.0 Å². The Bertz CT molecular complexity index is 742. The summed E-state index contributed by atoms with van der Waals surface area (Å²) < 4.78 is 5.22. The minimum Gasteiger partial charge on any atom is -0.481 e. The third-order valence-corrected chi connectivity index (χ3v) is 5.17. The van der Waals surface area contributed by atoms with Crippen LogP contribution in [0.3, 0.4) is 0 Å². The average Bonchev–Trinajstić information content (AvgIpc) is 2.92. The molecule has 2 aromatic heterocycles. The lowest BCUT2D eigenvalue weighted by Gasteiger charge is -2.24. The van der Waals surface area contributed by atoms with Crippen molar-refractivity contribution in [3.05, 3.63) is 35.0 Å². The molecule has 1 fully saturated rings. The van der Waals surface area contributed by atoms with Gasteiger partial charge in [0, 0.05) is 49.4 Å². The molecule has 1 unspecified atom stereocenters. The van der Waals surface area contributed by atoms with Gasteiger partial charge in [0.05, 0.1) is 7.11 Å². The van der Waals surface area contributed by atoms with Crippen molar-refractivity contribution < 1.29 is 9.53 Å². The molecule has 1 saturated heterocycles. The monoisotopic (exact) mass is 455 g/mol. The summed E-state index contributed by atoms with van der Waals surface area (Å²) in [6, 6.07) is 4.43. The molecule has 0 aromatic carbocycles. The van der Waals surface area contributed by atoms with Gasteiger partial charge in [0.1, 0.15) is 0 Å². The predicted octanol–water partition coefficient (Wildman–Crippen LogP) is 2.49. The number of rotatable bonds is 6. The zero-order valence-corrected chi connectivity index (χ0v) is 18.1. The van der Waals surface area contributed by atoms with E-state index in [-0.39, 0.29) is 22.9 Å². The van der Waals surface area contributed by atoms with Gasteiger partial charge in [0.25, 0.3) is 0 Å². The number of nitrogens with one attached hydrogen (secondary N) is 2. The Kier molecular flexibility index (Phi) is 8.62. The van der Waals surface area contributed by atoms with Crippen molar-refractivity contribution >= 4 is 39.4 Å². The van der Waals surface area contributed by atoms with Crippen LogP contribution in [-0.2, 0) is 17.8 Å². The van der Waals surface area contributed by atoms with Crippen molar-refractivity contribution in [3.63, 3.8) is 0 Å². The van der Waals surface area contributed by atoms with Crippen molar-refractivity contribution in [2.75, 3.05) is 32.1 Å². The molecule has 3 rings (SSSR count). The van der Waals surface area contributed by atoms with Crippen LogP contribution in [-0.4, -0.2) is 53.6 Å². The Morgan fingerprint density at radius 2 is 2.33 bits per heavy atom. The van der Waals surface area contributed by atoms with Crippen LogP contribution in [0.15, 0.2) is 24.5 Å². The maximum absolute atomic E-state index is 11.1. The molecule has 0 radical (unpaired) electrons. The zero-order valence-electron chi connectivity index (χ0n) is 15.6. The second-order valence-electron chi connectivity index (χ2n) is 6.46. The van der Waals surface area contributed by atoms with Gasteiger partial charge in [-0.25, -0.2) is 9.97 Å². The Balaban J connectivity index is 0.00000261. The van der Waals surface area contributed by atoms with Crippen molar-refractivity contribution in [1.29, 1.82) is 0 Å². The molecule has 1 amide bonds. The topological polar surface area (TPSA) is 79.4 Å². The van der Waals surface area contributed by atoms with Gasteiger partial charge in [-0.2, -0.15) is 0 Å². The number of ether oxygens (including phenoxy) is 1. The summed E-state index contributed by atoms with van der Waals surface area (Å²) in [5.74, 6) is 0.570. The summed E-state index contributed by atoms with van der Waals surface area (Å²) in [5, 5.41) is 7.06. The number of methoxy groups -OCH3 is 1. The molecule has 148 valence electrons. The van der Waals surface area contributed by atoms with Crippen molar-refractivity contribution in [1.82, 2.24) is 20.2 Å². The fraction of sp³-hybridized carbons (Fsp3) is 0.500. The van der Waals surface area contributed by atoms with Crippen LogP contribution in [0.2, 0.25) is 0 Å². The van der Waals surface area contributed by atoms with E-state index < -0.39 is 0 Å². The summed E-state index contributed by atoms with van der Waals surface area (Å²) in [4.78, 5) is 23.2. The van der Waals surface area contributed by atoms with Crippen molar-refractivity contribution in [3.8, 4) is 5.88 Å². The van der Waals surface area contributed by atoms with Gasteiger partial charge in [0.2, 0.25) is 11.8 Å². The molecule has 0 bridgehead atoms. The third-order valence-electron chi connectivity index (χ3n) is 4.27. The number of pyridine rings is 1. The number of carbonyl (C=O) groups is 1. The zero-order chi connectivity index (χ0) is 18.4. The maximum atomic E-state index is 11.1. The first-order valence-corrected chi connectivity index (χ1v) is 9.61. The molecule has 1 atom stereocenters. The Morgan fingerprint density at radius 3 is 3.11 bits per heavy atom. The Labute approximate surface area is 174 Å². The first-order valence-electron chi connectivity index (χ1n) is 8.79. The molecule has 9 heteroatoms. The quantitative estimate of drug-likeness (QED) is 0.696. The first-order chi connectivity index (χ1) is 12.6. The van der Waals surface area contributed by atoms with Gasteiger partial charge in [-0.1, -0.05) is 0 Å². The third kappa shape index (κ3) is 6.84. The molecule has 2 N–H and O–H groups in total. The lowest BCUT2D eigenvalue weighted by atomic mass is 10.1. The summed E-state index contributed by atoms with van der Waals surface area (Å²) in [7, 11) is 1.64. The van der Waals surface area contributed by atoms with Gasteiger partial charge in [0.15, 0.2) is 5.13 Å². The van der Waals surface area contributed by atoms with Gasteiger partial charge in [-0.15, -0.1) is 28.3 Å². The predicted molar refractivity (Wildman–Crippen MR) is 113 cm³/mol. The molecule has 0 saturated carbocycles. The van der Waals surface area contributed by atoms with E-state index in [1.54, 1.807) is 24.6 Å². The fourth-order valence-electron chi connectivity index (χ4n) is 3.14. The Morgan fingerprint density at radius 1 is 1.48 bits per heavy atom. The van der Waals surface area contributed by atoms with E-state index >= 15 is 0 Å². The van der Waals surface area contributed by atoms with Crippen LogP contribution in [0, 0.1) is 0 Å². The molecule has 7 nitrogen and oxygen atoms in total. The fourth-order valence-corrected chi connectivity index (χ4v) is 4.04. The molecular formula is C18H26BrN5O2S. The number of amides is 1. The Hall–Kier alpha value is -1.55. The summed E-state index contributed by atoms with van der Waals surface area (Å²) in [5.41, 5.74) is 1.22. The van der Waals surface area contributed by atoms with Gasteiger partial charge in [-0.3, -0.25) is 9.69 Å². The van der Waals surface area contributed by atoms with E-state index in [1.807, 2.05) is 18.3 Å². The number of thiazole rings is 1. The molecule has 1 aliphatic heterocycles. The standard InChI is InChI=1S/C18H25N5O2S.BrH/c1-13(24)22-18-21-10-16(26-18)12-23-7-3-5-19-15(11-23)8-14-4-6-20-17(9-14)25-2;/h4,6,9-10,15,19H,3,5,7-8,11-12H2,1-2H3,(H,21,22,24);1H. The average molecular weight is 456 g/mol. The largest absolute Gasteiger partial charge is 0.481 e. The second kappa shape index (κ2) is 10.7. The second-order valence-corrected chi connectivity index (χ2v) is 7.58. The number of carbonyl (C=O) groups excluding carboxylic acids is 1. The minimum absolute atomic E-state index is 0. The molecule has 3 heterocycles. The van der Waals surface area contributed by atoms with E-state index in [9.17, 15) is 4.79 Å². The highest BCUT2D eigenvalue weighted by Gasteiger charge is 2.19. The normalized spacial score (nSPS) is 17.6. The van der Waals surface area contributed by atoms with E-state index in [4.69, 9.17) is 4.74 Å². The molecule has 0 aliphatic carbocycles. The molecule has 1 aliphatic rings. The molecule has 27 heavy (non-hydrogen) atoms. The van der Waals surface area contributed by atoms with Crippen LogP contribution in [0.4, 0.5) is 5.13 Å². The number of hydrogen-bond donors (Lipinski definition) is 2. The smallest absolute Gasteiger partial charge is 0.223 e. The van der Waals surface area contributed by atoms with Crippen LogP contribution in [0.5, 0.6) is 5.88 Å². The summed E-state index contributed by atoms with van der Waals surface area (Å²) in [6.45, 7) is 5.40. The van der Waals surface area contributed by atoms with Gasteiger partial charge >= 0.3 is 0 Å². The lowest BCUT2D eigenvalue weighted by molar-refractivity contribution is -0.114. The highest BCUT2D eigenvalue weighted by Crippen LogP contribution is 2.21. The number of halogens is 1. The van der Waals surface area contributed by atoms with E-state index in [0.29, 0.717) is 17.1 Å². The van der Waals surface area contributed by atoms with Gasteiger partial charge < -0.3 is 15.4 Å². The SMILES string of the molecule is Br.COc1cc(CC2CN(Cc3cnc(NC(C)=O)s3)CCCN2)ccn1. The highest BCUT2D eigenvalue weighted by atomic mass is 79.9. The summed E-state index contributed by atoms with van der Waals surface area (Å²) >= 11 is 1.54. The number of hydrogen-bond acceptors (Lipinski definition) is 7. The number of aromatic nitrogens is 2. The minimum atomic E-state index is -0.0854. The van der Waals surface area contributed by atoms with Gasteiger partial charge in [-0.05, 0) is 37.6 Å². The molecule has 2 aromatic rings. The summed E-state index contributed by atoms with van der Waals surface area (Å²) in [6.07, 6.45) is 5.71. The van der Waals surface area contributed by atoms with Crippen LogP contribution < -0.4 is 15.4 Å². The highest BCUT2D eigenvalue weighted by molar-refractivity contribution is 8.93. The van der Waals surface area contributed by atoms with Crippen molar-refractivity contribution in [2.24, 2.45) is 0 Å². The van der Waals surface area contributed by atoms with Crippen LogP contribution in [0.1, 0.15) is 23.8 Å². The maximum Gasteiger partial charge on any atom is 0.223 e. The van der Waals surface area contributed by atoms with Crippen LogP contribution >= 0.6 is 28.3 Å². The molecule has 0 spiro atoms. The van der Waals surface area contributed by atoms with E-state index in [2.05, 4.69) is 25.5 Å². The number of anilines is 1. The van der Waals surface area contributed by atoms with E-state index in [1.165, 1.54) is 17.4 Å². The molecular weight excluding hydrogens is 430 g/mol. The van der Waals surface area contributed by atoms with Crippen molar-refractivity contribution in [2.45, 2.75) is 32.4 Å². The lowest BCUT2D eigenvalue weighted by Crippen LogP contribution is -2.38.